The number of carbonyl (C=O) groups is 1. The van der Waals surface area contributed by atoms with E-state index in [1.54, 1.807) is 6.07 Å². The first-order valence-corrected chi connectivity index (χ1v) is 5.31. The number of carboxylic acids is 1. The summed E-state index contributed by atoms with van der Waals surface area (Å²) < 4.78 is 0.959. The van der Waals surface area contributed by atoms with Crippen molar-refractivity contribution < 1.29 is 9.90 Å². The van der Waals surface area contributed by atoms with Gasteiger partial charge in [-0.3, -0.25) is 0 Å². The molecule has 2 aromatic rings. The van der Waals surface area contributed by atoms with Gasteiger partial charge in [0, 0.05) is 4.47 Å². The molecular formula is C12H9BrO2. The van der Waals surface area contributed by atoms with Crippen LogP contribution in [-0.2, 0) is 0 Å². The zero-order valence-electron chi connectivity index (χ0n) is 8.12. The van der Waals surface area contributed by atoms with Crippen LogP contribution in [0.3, 0.4) is 0 Å². The van der Waals surface area contributed by atoms with Gasteiger partial charge in [0.15, 0.2) is 0 Å². The predicted molar refractivity (Wildman–Crippen MR) is 63.3 cm³/mol. The fraction of sp³-hybridized carbons (Fsp3) is 0.0833. The average Bonchev–Trinajstić information content (AvgIpc) is 2.19. The molecule has 2 rings (SSSR count). The Balaban J connectivity index is 2.82. The largest absolute Gasteiger partial charge is 0.478 e. The fourth-order valence-electron chi connectivity index (χ4n) is 1.67. The summed E-state index contributed by atoms with van der Waals surface area (Å²) in [4.78, 5) is 10.9. The van der Waals surface area contributed by atoms with Crippen molar-refractivity contribution in [3.63, 3.8) is 0 Å². The molecule has 0 spiro atoms. The van der Waals surface area contributed by atoms with Gasteiger partial charge in [0.2, 0.25) is 0 Å². The lowest BCUT2D eigenvalue weighted by Gasteiger charge is -2.06. The van der Waals surface area contributed by atoms with Crippen LogP contribution in [0.4, 0.5) is 0 Å². The van der Waals surface area contributed by atoms with Crippen LogP contribution in [-0.4, -0.2) is 11.1 Å². The van der Waals surface area contributed by atoms with Gasteiger partial charge in [-0.1, -0.05) is 28.1 Å². The van der Waals surface area contributed by atoms with Crippen LogP contribution in [0, 0.1) is 6.92 Å². The molecule has 0 bridgehead atoms. The maximum absolute atomic E-state index is 10.9. The highest BCUT2D eigenvalue weighted by molar-refractivity contribution is 9.10. The van der Waals surface area contributed by atoms with E-state index in [0.717, 1.165) is 20.8 Å². The number of aromatic carboxylic acids is 1. The van der Waals surface area contributed by atoms with Crippen LogP contribution in [0.25, 0.3) is 10.8 Å². The number of halogens is 1. The van der Waals surface area contributed by atoms with E-state index in [1.165, 1.54) is 0 Å². The monoisotopic (exact) mass is 264 g/mol. The molecule has 0 fully saturated rings. The van der Waals surface area contributed by atoms with E-state index < -0.39 is 5.97 Å². The molecule has 0 aliphatic heterocycles. The molecule has 15 heavy (non-hydrogen) atoms. The van der Waals surface area contributed by atoms with Gasteiger partial charge in [0.25, 0.3) is 0 Å². The SMILES string of the molecule is Cc1c(C(=O)O)ccc2ccc(Br)cc12. The molecule has 76 valence electrons. The Labute approximate surface area is 95.7 Å². The van der Waals surface area contributed by atoms with Crippen molar-refractivity contribution in [3.8, 4) is 0 Å². The summed E-state index contributed by atoms with van der Waals surface area (Å²) in [6.45, 7) is 1.83. The van der Waals surface area contributed by atoms with Crippen molar-refractivity contribution in [1.82, 2.24) is 0 Å². The summed E-state index contributed by atoms with van der Waals surface area (Å²) in [5.74, 6) is -0.880. The molecule has 0 unspecified atom stereocenters. The molecule has 0 aliphatic rings. The highest BCUT2D eigenvalue weighted by atomic mass is 79.9. The summed E-state index contributed by atoms with van der Waals surface area (Å²) in [6.07, 6.45) is 0. The van der Waals surface area contributed by atoms with Gasteiger partial charge in [-0.25, -0.2) is 4.79 Å². The second-order valence-electron chi connectivity index (χ2n) is 3.41. The average molecular weight is 265 g/mol. The first-order chi connectivity index (χ1) is 7.09. The van der Waals surface area contributed by atoms with Crippen molar-refractivity contribution in [3.05, 3.63) is 45.9 Å². The summed E-state index contributed by atoms with van der Waals surface area (Å²) in [7, 11) is 0. The van der Waals surface area contributed by atoms with Gasteiger partial charge in [-0.2, -0.15) is 0 Å². The van der Waals surface area contributed by atoms with Crippen LogP contribution in [0.1, 0.15) is 15.9 Å². The molecule has 0 aliphatic carbocycles. The van der Waals surface area contributed by atoms with E-state index >= 15 is 0 Å². The van der Waals surface area contributed by atoms with Gasteiger partial charge in [-0.05, 0) is 41.5 Å². The molecule has 0 atom stereocenters. The number of benzene rings is 2. The number of hydrogen-bond donors (Lipinski definition) is 1. The van der Waals surface area contributed by atoms with Crippen molar-refractivity contribution >= 4 is 32.7 Å². The molecule has 0 saturated heterocycles. The Morgan fingerprint density at radius 3 is 2.60 bits per heavy atom. The lowest BCUT2D eigenvalue weighted by Crippen LogP contribution is -1.99. The highest BCUT2D eigenvalue weighted by Gasteiger charge is 2.09. The van der Waals surface area contributed by atoms with E-state index in [4.69, 9.17) is 5.11 Å². The maximum atomic E-state index is 10.9. The minimum absolute atomic E-state index is 0.362. The minimum atomic E-state index is -0.880. The third kappa shape index (κ3) is 1.75. The highest BCUT2D eigenvalue weighted by Crippen LogP contribution is 2.25. The molecule has 0 radical (unpaired) electrons. The normalized spacial score (nSPS) is 10.5. The Kier molecular flexibility index (Phi) is 2.49. The Hall–Kier alpha value is -1.35. The van der Waals surface area contributed by atoms with Gasteiger partial charge in [0.1, 0.15) is 0 Å². The zero-order chi connectivity index (χ0) is 11.0. The molecule has 3 heteroatoms. The lowest BCUT2D eigenvalue weighted by molar-refractivity contribution is 0.0696. The predicted octanol–water partition coefficient (Wildman–Crippen LogP) is 3.61. The first-order valence-electron chi connectivity index (χ1n) is 4.52. The van der Waals surface area contributed by atoms with Gasteiger partial charge < -0.3 is 5.11 Å². The van der Waals surface area contributed by atoms with Crippen LogP contribution in [0.15, 0.2) is 34.8 Å². The van der Waals surface area contributed by atoms with Crippen molar-refractivity contribution in [2.45, 2.75) is 6.92 Å². The fourth-order valence-corrected chi connectivity index (χ4v) is 2.03. The Morgan fingerprint density at radius 1 is 1.27 bits per heavy atom. The standard InChI is InChI=1S/C12H9BrO2/c1-7-10(12(14)15)5-3-8-2-4-9(13)6-11(7)8/h2-6H,1H3,(H,14,15). The third-order valence-corrected chi connectivity index (χ3v) is 2.98. The van der Waals surface area contributed by atoms with E-state index in [9.17, 15) is 4.79 Å². The molecule has 1 N–H and O–H groups in total. The molecule has 0 heterocycles. The molecule has 0 saturated carbocycles. The van der Waals surface area contributed by atoms with E-state index in [2.05, 4.69) is 15.9 Å². The number of carboxylic acid groups (broad SMARTS) is 1. The summed E-state index contributed by atoms with van der Waals surface area (Å²) >= 11 is 3.38. The number of fused-ring (bicyclic) bond motifs is 1. The second kappa shape index (κ2) is 3.66. The third-order valence-electron chi connectivity index (χ3n) is 2.48. The number of aryl methyl sites for hydroxylation is 1. The minimum Gasteiger partial charge on any atom is -0.478 e. The number of rotatable bonds is 1. The Morgan fingerprint density at radius 2 is 1.93 bits per heavy atom. The van der Waals surface area contributed by atoms with Crippen LogP contribution >= 0.6 is 15.9 Å². The Bertz CT molecular complexity index is 547. The number of hydrogen-bond acceptors (Lipinski definition) is 1. The molecule has 2 aromatic carbocycles. The summed E-state index contributed by atoms with van der Waals surface area (Å²) in [5.41, 5.74) is 1.17. The molecule has 0 aromatic heterocycles. The van der Waals surface area contributed by atoms with Crippen molar-refractivity contribution in [1.29, 1.82) is 0 Å². The quantitative estimate of drug-likeness (QED) is 0.855. The smallest absolute Gasteiger partial charge is 0.335 e. The van der Waals surface area contributed by atoms with E-state index in [0.29, 0.717) is 5.56 Å². The van der Waals surface area contributed by atoms with Gasteiger partial charge in [-0.15, -0.1) is 0 Å². The van der Waals surface area contributed by atoms with E-state index in [-0.39, 0.29) is 0 Å². The molecule has 2 nitrogen and oxygen atoms in total. The zero-order valence-corrected chi connectivity index (χ0v) is 9.71. The van der Waals surface area contributed by atoms with Crippen molar-refractivity contribution in [2.24, 2.45) is 0 Å². The second-order valence-corrected chi connectivity index (χ2v) is 4.32. The maximum Gasteiger partial charge on any atom is 0.335 e. The molecular weight excluding hydrogens is 256 g/mol. The van der Waals surface area contributed by atoms with E-state index in [1.807, 2.05) is 31.2 Å². The van der Waals surface area contributed by atoms with Gasteiger partial charge >= 0.3 is 5.97 Å². The topological polar surface area (TPSA) is 37.3 Å². The van der Waals surface area contributed by atoms with Crippen LogP contribution in [0.2, 0.25) is 0 Å². The van der Waals surface area contributed by atoms with Crippen molar-refractivity contribution in [2.75, 3.05) is 0 Å². The van der Waals surface area contributed by atoms with Gasteiger partial charge in [0.05, 0.1) is 5.56 Å². The lowest BCUT2D eigenvalue weighted by atomic mass is 10.0. The summed E-state index contributed by atoms with van der Waals surface area (Å²) in [6, 6.07) is 9.34. The first kappa shape index (κ1) is 10.2. The van der Waals surface area contributed by atoms with Crippen LogP contribution in [0.5, 0.6) is 0 Å². The van der Waals surface area contributed by atoms with Crippen LogP contribution < -0.4 is 0 Å². The molecule has 0 amide bonds. The summed E-state index contributed by atoms with van der Waals surface area (Å²) in [5, 5.41) is 11.0.